The Labute approximate surface area is 206 Å². The number of aliphatic imine (C=N–C) groups is 1. The molecule has 1 aromatic carbocycles. The zero-order chi connectivity index (χ0) is 26.7. The number of amides is 3. The number of hydrogen-bond donors (Lipinski definition) is 9. The van der Waals surface area contributed by atoms with Crippen molar-refractivity contribution in [1.29, 1.82) is 0 Å². The van der Waals surface area contributed by atoms with Crippen LogP contribution in [0.3, 0.4) is 0 Å². The molecule has 36 heavy (non-hydrogen) atoms. The van der Waals surface area contributed by atoms with Crippen molar-refractivity contribution in [2.24, 2.45) is 22.2 Å². The number of carboxylic acids is 1. The van der Waals surface area contributed by atoms with Gasteiger partial charge in [0.05, 0.1) is 19.2 Å². The van der Waals surface area contributed by atoms with Crippen LogP contribution in [0.15, 0.2) is 35.5 Å². The van der Waals surface area contributed by atoms with Gasteiger partial charge in [0, 0.05) is 30.1 Å². The van der Waals surface area contributed by atoms with Gasteiger partial charge in [-0.15, -0.1) is 0 Å². The molecular formula is C22H32N8O6. The Morgan fingerprint density at radius 1 is 1.06 bits per heavy atom. The number of fused-ring (bicyclic) bond motifs is 1. The molecule has 3 unspecified atom stereocenters. The number of rotatable bonds is 14. The highest BCUT2D eigenvalue weighted by Gasteiger charge is 2.25. The number of aliphatic carboxylic acids is 1. The van der Waals surface area contributed by atoms with Crippen molar-refractivity contribution < 1.29 is 29.4 Å². The van der Waals surface area contributed by atoms with Crippen molar-refractivity contribution >= 4 is 40.6 Å². The van der Waals surface area contributed by atoms with E-state index in [4.69, 9.17) is 17.2 Å². The summed E-state index contributed by atoms with van der Waals surface area (Å²) in [5, 5.41) is 26.8. The molecule has 14 nitrogen and oxygen atoms in total. The number of para-hydroxylation sites is 1. The van der Waals surface area contributed by atoms with Crippen molar-refractivity contribution in [3.63, 3.8) is 0 Å². The van der Waals surface area contributed by atoms with Crippen LogP contribution in [0.1, 0.15) is 18.4 Å². The number of aliphatic hydroxyl groups excluding tert-OH is 1. The number of nitrogens with zero attached hydrogens (tertiary/aromatic N) is 1. The summed E-state index contributed by atoms with van der Waals surface area (Å²) in [4.78, 5) is 55.3. The molecule has 196 valence electrons. The summed E-state index contributed by atoms with van der Waals surface area (Å²) in [5.41, 5.74) is 17.7. The van der Waals surface area contributed by atoms with Gasteiger partial charge in [0.15, 0.2) is 5.96 Å². The van der Waals surface area contributed by atoms with E-state index in [0.29, 0.717) is 12.0 Å². The van der Waals surface area contributed by atoms with Gasteiger partial charge in [0.2, 0.25) is 17.7 Å². The minimum Gasteiger partial charge on any atom is -0.480 e. The number of aromatic nitrogens is 1. The molecule has 0 aliphatic carbocycles. The lowest BCUT2D eigenvalue weighted by molar-refractivity contribution is -0.141. The molecule has 0 bridgehead atoms. The molecule has 0 radical (unpaired) electrons. The highest BCUT2D eigenvalue weighted by atomic mass is 16.4. The molecule has 3 amide bonds. The standard InChI is InChI=1S/C22H32N8O6/c23-14(5-3-7-26-22(24)25)19(33)30-17(11-31)20(34)28-10-18(32)29-16(21(35)36)8-12-9-27-15-6-2-1-4-13(12)15/h1-2,4,6,9,14,16-17,27,31H,3,5,7-8,10-11,23H2,(H,28,34)(H,29,32)(H,30,33)(H,35,36)(H4,24,25,26). The van der Waals surface area contributed by atoms with Crippen LogP contribution < -0.4 is 33.2 Å². The largest absolute Gasteiger partial charge is 0.480 e. The predicted octanol–water partition coefficient (Wildman–Crippen LogP) is -2.75. The fourth-order valence-corrected chi connectivity index (χ4v) is 3.38. The van der Waals surface area contributed by atoms with E-state index in [9.17, 15) is 29.4 Å². The molecule has 14 heteroatoms. The van der Waals surface area contributed by atoms with Crippen LogP contribution in [0.25, 0.3) is 10.9 Å². The number of aromatic amines is 1. The number of carbonyl (C=O) groups excluding carboxylic acids is 3. The number of carboxylic acid groups (broad SMARTS) is 1. The van der Waals surface area contributed by atoms with E-state index in [1.165, 1.54) is 0 Å². The number of nitrogens with one attached hydrogen (secondary N) is 4. The summed E-state index contributed by atoms with van der Waals surface area (Å²) in [7, 11) is 0. The predicted molar refractivity (Wildman–Crippen MR) is 131 cm³/mol. The number of guanidine groups is 1. The zero-order valence-electron chi connectivity index (χ0n) is 19.6. The summed E-state index contributed by atoms with van der Waals surface area (Å²) in [5.74, 6) is -3.59. The lowest BCUT2D eigenvalue weighted by atomic mass is 10.0. The minimum atomic E-state index is -1.35. The molecule has 0 saturated heterocycles. The minimum absolute atomic E-state index is 0.0232. The molecule has 1 aromatic heterocycles. The second-order valence-corrected chi connectivity index (χ2v) is 8.04. The van der Waals surface area contributed by atoms with E-state index in [-0.39, 0.29) is 25.3 Å². The van der Waals surface area contributed by atoms with E-state index >= 15 is 0 Å². The first kappa shape index (κ1) is 28.1. The van der Waals surface area contributed by atoms with Crippen LogP contribution in [-0.4, -0.2) is 82.7 Å². The van der Waals surface area contributed by atoms with Gasteiger partial charge in [0.1, 0.15) is 12.1 Å². The number of H-pyrrole nitrogens is 1. The first-order valence-corrected chi connectivity index (χ1v) is 11.2. The number of nitrogens with two attached hydrogens (primary N) is 3. The molecule has 3 atom stereocenters. The van der Waals surface area contributed by atoms with Gasteiger partial charge in [-0.3, -0.25) is 19.4 Å². The first-order chi connectivity index (χ1) is 17.1. The van der Waals surface area contributed by atoms with E-state index in [1.54, 1.807) is 6.20 Å². The maximum absolute atomic E-state index is 12.3. The second kappa shape index (κ2) is 13.7. The molecule has 0 aliphatic heterocycles. The summed E-state index contributed by atoms with van der Waals surface area (Å²) in [6.07, 6.45) is 2.35. The third kappa shape index (κ3) is 8.56. The SMILES string of the molecule is NC(N)=NCCCC(N)C(=O)NC(CO)C(=O)NCC(=O)NC(Cc1c[nH]c2ccccc12)C(=O)O. The van der Waals surface area contributed by atoms with Crippen LogP contribution in [-0.2, 0) is 25.6 Å². The van der Waals surface area contributed by atoms with Gasteiger partial charge in [-0.25, -0.2) is 4.79 Å². The van der Waals surface area contributed by atoms with E-state index in [1.807, 2.05) is 24.3 Å². The Bertz CT molecular complexity index is 1100. The maximum atomic E-state index is 12.3. The van der Waals surface area contributed by atoms with Crippen molar-refractivity contribution in [2.75, 3.05) is 19.7 Å². The summed E-state index contributed by atoms with van der Waals surface area (Å²) >= 11 is 0. The Hall–Kier alpha value is -4.17. The molecule has 2 aromatic rings. The summed E-state index contributed by atoms with van der Waals surface area (Å²) < 4.78 is 0. The Balaban J connectivity index is 1.84. The third-order valence-corrected chi connectivity index (χ3v) is 5.28. The number of hydrogen-bond acceptors (Lipinski definition) is 7. The average Bonchev–Trinajstić information content (AvgIpc) is 3.25. The number of benzene rings is 1. The highest BCUT2D eigenvalue weighted by molar-refractivity contribution is 5.93. The third-order valence-electron chi connectivity index (χ3n) is 5.28. The van der Waals surface area contributed by atoms with E-state index in [2.05, 4.69) is 25.9 Å². The van der Waals surface area contributed by atoms with Crippen LogP contribution in [0, 0.1) is 0 Å². The second-order valence-electron chi connectivity index (χ2n) is 8.04. The molecule has 0 fully saturated rings. The Kier molecular flexibility index (Phi) is 10.6. The molecule has 2 rings (SSSR count). The fourth-order valence-electron chi connectivity index (χ4n) is 3.38. The van der Waals surface area contributed by atoms with Crippen LogP contribution in [0.4, 0.5) is 0 Å². The molecule has 0 saturated carbocycles. The fraction of sp³-hybridized carbons (Fsp3) is 0.409. The van der Waals surface area contributed by atoms with Gasteiger partial charge in [-0.05, 0) is 24.5 Å². The Morgan fingerprint density at radius 3 is 2.44 bits per heavy atom. The lowest BCUT2D eigenvalue weighted by Gasteiger charge is -2.19. The maximum Gasteiger partial charge on any atom is 0.326 e. The van der Waals surface area contributed by atoms with E-state index < -0.39 is 55.0 Å². The molecule has 1 heterocycles. The Morgan fingerprint density at radius 2 is 1.78 bits per heavy atom. The number of carbonyl (C=O) groups is 4. The van der Waals surface area contributed by atoms with Gasteiger partial charge < -0.3 is 48.3 Å². The average molecular weight is 505 g/mol. The van der Waals surface area contributed by atoms with Crippen LogP contribution in [0.2, 0.25) is 0 Å². The summed E-state index contributed by atoms with van der Waals surface area (Å²) in [6.45, 7) is -1.02. The molecule has 0 aliphatic rings. The van der Waals surface area contributed by atoms with Gasteiger partial charge in [0.25, 0.3) is 0 Å². The van der Waals surface area contributed by atoms with Gasteiger partial charge >= 0.3 is 5.97 Å². The molecule has 0 spiro atoms. The number of aliphatic hydroxyl groups is 1. The molecular weight excluding hydrogens is 472 g/mol. The van der Waals surface area contributed by atoms with Crippen molar-refractivity contribution in [1.82, 2.24) is 20.9 Å². The summed E-state index contributed by atoms with van der Waals surface area (Å²) in [6, 6.07) is 3.78. The highest BCUT2D eigenvalue weighted by Crippen LogP contribution is 2.19. The van der Waals surface area contributed by atoms with Crippen LogP contribution >= 0.6 is 0 Å². The quantitative estimate of drug-likeness (QED) is 0.0733. The topological polar surface area (TPSA) is 251 Å². The normalized spacial score (nSPS) is 13.3. The van der Waals surface area contributed by atoms with E-state index in [0.717, 1.165) is 10.9 Å². The smallest absolute Gasteiger partial charge is 0.326 e. The van der Waals surface area contributed by atoms with Gasteiger partial charge in [-0.2, -0.15) is 0 Å². The zero-order valence-corrected chi connectivity index (χ0v) is 19.6. The van der Waals surface area contributed by atoms with Crippen molar-refractivity contribution in [3.8, 4) is 0 Å². The van der Waals surface area contributed by atoms with Gasteiger partial charge in [-0.1, -0.05) is 18.2 Å². The van der Waals surface area contributed by atoms with Crippen molar-refractivity contribution in [2.45, 2.75) is 37.4 Å². The first-order valence-electron chi connectivity index (χ1n) is 11.2. The van der Waals surface area contributed by atoms with Crippen molar-refractivity contribution in [3.05, 3.63) is 36.0 Å². The van der Waals surface area contributed by atoms with Crippen LogP contribution in [0.5, 0.6) is 0 Å². The monoisotopic (exact) mass is 504 g/mol. The lowest BCUT2D eigenvalue weighted by Crippen LogP contribution is -2.55. The molecule has 12 N–H and O–H groups in total.